The van der Waals surface area contributed by atoms with Crippen LogP contribution in [0.5, 0.6) is 0 Å². The lowest BCUT2D eigenvalue weighted by atomic mass is 10.1. The van der Waals surface area contributed by atoms with Gasteiger partial charge in [-0.25, -0.2) is 0 Å². The van der Waals surface area contributed by atoms with Crippen molar-refractivity contribution in [3.05, 3.63) is 35.6 Å². The number of amides is 1. The Morgan fingerprint density at radius 3 is 2.75 bits per heavy atom. The molecule has 0 spiro atoms. The lowest BCUT2D eigenvalue weighted by molar-refractivity contribution is -0.138. The number of hydrogen-bond donors (Lipinski definition) is 1. The zero-order chi connectivity index (χ0) is 14.8. The molecule has 0 radical (unpaired) electrons. The van der Waals surface area contributed by atoms with Crippen molar-refractivity contribution in [1.82, 2.24) is 5.32 Å². The van der Waals surface area contributed by atoms with Crippen molar-refractivity contribution >= 4 is 16.9 Å². The summed E-state index contributed by atoms with van der Waals surface area (Å²) in [4.78, 5) is 11.5. The maximum absolute atomic E-state index is 12.0. The van der Waals surface area contributed by atoms with Gasteiger partial charge in [0.1, 0.15) is 12.1 Å². The van der Waals surface area contributed by atoms with E-state index in [-0.39, 0.29) is 6.42 Å². The third-order valence-corrected chi connectivity index (χ3v) is 2.97. The molecule has 0 bridgehead atoms. The highest BCUT2D eigenvalue weighted by molar-refractivity contribution is 5.87. The molecule has 20 heavy (non-hydrogen) atoms. The lowest BCUT2D eigenvalue weighted by Gasteiger charge is -2.07. The van der Waals surface area contributed by atoms with Crippen molar-refractivity contribution in [2.45, 2.75) is 25.9 Å². The van der Waals surface area contributed by atoms with Gasteiger partial charge in [0.05, 0.1) is 12.7 Å². The standard InChI is InChI=1S/C14H14F3NO2/c1-2-9-3-4-11-10(7-20-12(11)5-9)6-13(19)18-8-14(15,16)17/h3-5,7H,2,6,8H2,1H3,(H,18,19). The molecule has 0 unspecified atom stereocenters. The Hall–Kier alpha value is -1.98. The van der Waals surface area contributed by atoms with Gasteiger partial charge in [-0.05, 0) is 18.1 Å². The molecule has 0 atom stereocenters. The average molecular weight is 285 g/mol. The zero-order valence-electron chi connectivity index (χ0n) is 10.9. The summed E-state index contributed by atoms with van der Waals surface area (Å²) in [6.07, 6.45) is -2.26. The van der Waals surface area contributed by atoms with E-state index in [1.807, 2.05) is 30.4 Å². The van der Waals surface area contributed by atoms with Crippen molar-refractivity contribution in [3.63, 3.8) is 0 Å². The molecule has 1 amide bonds. The maximum atomic E-state index is 12.0. The third kappa shape index (κ3) is 3.53. The summed E-state index contributed by atoms with van der Waals surface area (Å²) in [6, 6.07) is 5.60. The molecule has 0 saturated heterocycles. The second-order valence-electron chi connectivity index (χ2n) is 4.51. The molecule has 0 fully saturated rings. The Morgan fingerprint density at radius 1 is 1.35 bits per heavy atom. The van der Waals surface area contributed by atoms with E-state index in [4.69, 9.17) is 4.42 Å². The number of nitrogens with one attached hydrogen (secondary N) is 1. The van der Waals surface area contributed by atoms with Crippen molar-refractivity contribution in [3.8, 4) is 0 Å². The molecule has 3 nitrogen and oxygen atoms in total. The van der Waals surface area contributed by atoms with Crippen LogP contribution in [0.15, 0.2) is 28.9 Å². The number of hydrogen-bond acceptors (Lipinski definition) is 2. The molecule has 2 aromatic rings. The SMILES string of the molecule is CCc1ccc2c(CC(=O)NCC(F)(F)F)coc2c1. The van der Waals surface area contributed by atoms with E-state index in [1.54, 1.807) is 0 Å². The van der Waals surface area contributed by atoms with Crippen molar-refractivity contribution in [1.29, 1.82) is 0 Å². The fourth-order valence-corrected chi connectivity index (χ4v) is 1.92. The summed E-state index contributed by atoms with van der Waals surface area (Å²) < 4.78 is 41.3. The first-order chi connectivity index (χ1) is 9.39. The number of halogens is 3. The minimum atomic E-state index is -4.40. The van der Waals surface area contributed by atoms with Gasteiger partial charge in [0.15, 0.2) is 0 Å². The van der Waals surface area contributed by atoms with Crippen LogP contribution in [0.2, 0.25) is 0 Å². The molecule has 1 N–H and O–H groups in total. The molecular weight excluding hydrogens is 271 g/mol. The van der Waals surface area contributed by atoms with E-state index in [2.05, 4.69) is 0 Å². The van der Waals surface area contributed by atoms with Gasteiger partial charge in [-0.15, -0.1) is 0 Å². The van der Waals surface area contributed by atoms with Crippen molar-refractivity contribution in [2.75, 3.05) is 6.54 Å². The molecule has 1 aromatic heterocycles. The summed E-state index contributed by atoms with van der Waals surface area (Å²) in [5.41, 5.74) is 2.32. The van der Waals surface area contributed by atoms with Crippen LogP contribution in [0.1, 0.15) is 18.1 Å². The molecule has 0 aliphatic heterocycles. The molecule has 0 aliphatic carbocycles. The van der Waals surface area contributed by atoms with Crippen LogP contribution in [0.25, 0.3) is 11.0 Å². The average Bonchev–Trinajstić information content (AvgIpc) is 2.78. The number of carbonyl (C=O) groups excluding carboxylic acids is 1. The Kier molecular flexibility index (Phi) is 4.01. The van der Waals surface area contributed by atoms with E-state index in [1.165, 1.54) is 6.26 Å². The van der Waals surface area contributed by atoms with Crippen LogP contribution >= 0.6 is 0 Å². The highest BCUT2D eigenvalue weighted by Gasteiger charge is 2.27. The summed E-state index contributed by atoms with van der Waals surface area (Å²) in [6.45, 7) is 0.692. The molecular formula is C14H14F3NO2. The zero-order valence-corrected chi connectivity index (χ0v) is 10.9. The number of fused-ring (bicyclic) bond motifs is 1. The van der Waals surface area contributed by atoms with Crippen LogP contribution in [0.4, 0.5) is 13.2 Å². The predicted molar refractivity (Wildman–Crippen MR) is 68.4 cm³/mol. The van der Waals surface area contributed by atoms with E-state index in [0.717, 1.165) is 17.4 Å². The van der Waals surface area contributed by atoms with E-state index >= 15 is 0 Å². The maximum Gasteiger partial charge on any atom is 0.405 e. The Morgan fingerprint density at radius 2 is 2.10 bits per heavy atom. The van der Waals surface area contributed by atoms with Gasteiger partial charge < -0.3 is 9.73 Å². The van der Waals surface area contributed by atoms with Gasteiger partial charge in [-0.1, -0.05) is 19.1 Å². The molecule has 2 rings (SSSR count). The fraction of sp³-hybridized carbons (Fsp3) is 0.357. The van der Waals surface area contributed by atoms with Gasteiger partial charge in [-0.3, -0.25) is 4.79 Å². The lowest BCUT2D eigenvalue weighted by Crippen LogP contribution is -2.34. The molecule has 0 saturated carbocycles. The monoisotopic (exact) mass is 285 g/mol. The smallest absolute Gasteiger partial charge is 0.405 e. The quantitative estimate of drug-likeness (QED) is 0.937. The molecule has 1 aromatic carbocycles. The van der Waals surface area contributed by atoms with E-state index in [0.29, 0.717) is 11.1 Å². The van der Waals surface area contributed by atoms with Crippen molar-refractivity contribution < 1.29 is 22.4 Å². The van der Waals surface area contributed by atoms with Crippen LogP contribution in [0.3, 0.4) is 0 Å². The molecule has 108 valence electrons. The summed E-state index contributed by atoms with van der Waals surface area (Å²) >= 11 is 0. The predicted octanol–water partition coefficient (Wildman–Crippen LogP) is 3.22. The van der Waals surface area contributed by atoms with E-state index < -0.39 is 18.6 Å². The highest BCUT2D eigenvalue weighted by atomic mass is 19.4. The second-order valence-corrected chi connectivity index (χ2v) is 4.51. The summed E-state index contributed by atoms with van der Waals surface area (Å²) in [5, 5.41) is 2.60. The number of alkyl halides is 3. The first-order valence-electron chi connectivity index (χ1n) is 6.21. The van der Waals surface area contributed by atoms with Crippen LogP contribution < -0.4 is 5.32 Å². The van der Waals surface area contributed by atoms with Gasteiger partial charge >= 0.3 is 6.18 Å². The molecule has 0 aliphatic rings. The normalized spacial score (nSPS) is 11.8. The van der Waals surface area contributed by atoms with Crippen LogP contribution in [-0.4, -0.2) is 18.6 Å². The van der Waals surface area contributed by atoms with Crippen LogP contribution in [-0.2, 0) is 17.6 Å². The number of aryl methyl sites for hydroxylation is 1. The first-order valence-corrected chi connectivity index (χ1v) is 6.21. The minimum Gasteiger partial charge on any atom is -0.464 e. The number of furan rings is 1. The van der Waals surface area contributed by atoms with Gasteiger partial charge in [0.2, 0.25) is 5.91 Å². The number of carbonyl (C=O) groups is 1. The topological polar surface area (TPSA) is 42.2 Å². The summed E-state index contributed by atoms with van der Waals surface area (Å²) in [5.74, 6) is -0.676. The van der Waals surface area contributed by atoms with Gasteiger partial charge in [0.25, 0.3) is 0 Å². The number of rotatable bonds is 4. The van der Waals surface area contributed by atoms with E-state index in [9.17, 15) is 18.0 Å². The fourth-order valence-electron chi connectivity index (χ4n) is 1.92. The van der Waals surface area contributed by atoms with Gasteiger partial charge in [0, 0.05) is 10.9 Å². The van der Waals surface area contributed by atoms with Gasteiger partial charge in [-0.2, -0.15) is 13.2 Å². The molecule has 6 heteroatoms. The van der Waals surface area contributed by atoms with Crippen LogP contribution in [0, 0.1) is 0 Å². The Bertz CT molecular complexity index is 616. The summed E-state index contributed by atoms with van der Waals surface area (Å²) in [7, 11) is 0. The largest absolute Gasteiger partial charge is 0.464 e. The van der Waals surface area contributed by atoms with Crippen molar-refractivity contribution in [2.24, 2.45) is 0 Å². The third-order valence-electron chi connectivity index (χ3n) is 2.97. The highest BCUT2D eigenvalue weighted by Crippen LogP contribution is 2.23. The second kappa shape index (κ2) is 5.56. The Balaban J connectivity index is 2.08. The Labute approximate surface area is 113 Å². The molecule has 1 heterocycles. The minimum absolute atomic E-state index is 0.130. The first kappa shape index (κ1) is 14.4. The number of benzene rings is 1.